The number of piperidine rings is 1. The summed E-state index contributed by atoms with van der Waals surface area (Å²) < 4.78 is 74.9. The van der Waals surface area contributed by atoms with Crippen LogP contribution in [-0.2, 0) is 30.0 Å². The Morgan fingerprint density at radius 2 is 1.82 bits per heavy atom. The number of hydrogen-bond donors (Lipinski definition) is 2. The van der Waals surface area contributed by atoms with Crippen LogP contribution in [0.2, 0.25) is 0 Å². The summed E-state index contributed by atoms with van der Waals surface area (Å²) in [7, 11) is -7.84. The molecule has 0 bridgehead atoms. The zero-order valence-corrected chi connectivity index (χ0v) is 18.9. The molecule has 3 heterocycles. The number of fused-ring (bicyclic) bond motifs is 1. The number of carbonyl (C=O) groups excluding carboxylic acids is 1. The maximum atomic E-state index is 15.0. The van der Waals surface area contributed by atoms with Crippen molar-refractivity contribution < 1.29 is 35.9 Å². The molecule has 1 unspecified atom stereocenters. The monoisotopic (exact) mass is 500 g/mol. The summed E-state index contributed by atoms with van der Waals surface area (Å²) in [6.45, 7) is 1.43. The lowest BCUT2D eigenvalue weighted by atomic mass is 10.1. The van der Waals surface area contributed by atoms with Crippen LogP contribution in [0, 0.1) is 35.4 Å². The van der Waals surface area contributed by atoms with Crippen molar-refractivity contribution in [3.05, 3.63) is 23.5 Å². The zero-order chi connectivity index (χ0) is 23.5. The van der Waals surface area contributed by atoms with Gasteiger partial charge >= 0.3 is 10.2 Å². The fourth-order valence-electron chi connectivity index (χ4n) is 4.53. The molecule has 1 saturated carbocycles. The molecule has 1 amide bonds. The van der Waals surface area contributed by atoms with Crippen LogP contribution < -0.4 is 9.03 Å². The molecule has 1 aromatic carbocycles. The SMILES string of the molecule is O=C1CN(c2c(O)ccc(C#CC3[C@H]4CN(S(=O)(=O)N5CCOCC5)C[C@@H]34)c2F)S(=O)(=O)N1. The second-order valence-corrected chi connectivity index (χ2v) is 11.8. The first kappa shape index (κ1) is 22.4. The van der Waals surface area contributed by atoms with Crippen molar-refractivity contribution >= 4 is 32.0 Å². The van der Waals surface area contributed by atoms with Crippen molar-refractivity contribution in [1.29, 1.82) is 0 Å². The number of morpholine rings is 1. The summed E-state index contributed by atoms with van der Waals surface area (Å²) in [5.74, 6) is 3.12. The highest BCUT2D eigenvalue weighted by Gasteiger charge is 2.58. The highest BCUT2D eigenvalue weighted by Crippen LogP contribution is 2.52. The Balaban J connectivity index is 1.30. The van der Waals surface area contributed by atoms with Gasteiger partial charge in [0.15, 0.2) is 5.82 Å². The predicted octanol–water partition coefficient (Wildman–Crippen LogP) is -1.18. The number of halogens is 1. The second-order valence-electron chi connectivity index (χ2n) is 8.29. The van der Waals surface area contributed by atoms with Gasteiger partial charge in [-0.15, -0.1) is 0 Å². The second kappa shape index (κ2) is 7.81. The van der Waals surface area contributed by atoms with Gasteiger partial charge in [-0.2, -0.15) is 25.4 Å². The lowest BCUT2D eigenvalue weighted by molar-refractivity contribution is -0.117. The molecule has 178 valence electrons. The molecule has 3 saturated heterocycles. The summed E-state index contributed by atoms with van der Waals surface area (Å²) in [6, 6.07) is 2.34. The summed E-state index contributed by atoms with van der Waals surface area (Å²) in [6.07, 6.45) is 0. The smallest absolute Gasteiger partial charge is 0.326 e. The first-order valence-electron chi connectivity index (χ1n) is 10.3. The number of rotatable bonds is 3. The van der Waals surface area contributed by atoms with E-state index in [0.29, 0.717) is 43.7 Å². The number of nitrogens with one attached hydrogen (secondary N) is 1. The molecule has 11 nitrogen and oxygen atoms in total. The summed E-state index contributed by atoms with van der Waals surface area (Å²) in [5.41, 5.74) is -0.765. The van der Waals surface area contributed by atoms with Crippen LogP contribution in [0.4, 0.5) is 10.1 Å². The molecule has 3 atom stereocenters. The number of amides is 1. The highest BCUT2D eigenvalue weighted by atomic mass is 32.2. The van der Waals surface area contributed by atoms with Crippen LogP contribution >= 0.6 is 0 Å². The summed E-state index contributed by atoms with van der Waals surface area (Å²) in [5, 5.41) is 10.0. The third-order valence-electron chi connectivity index (χ3n) is 6.32. The van der Waals surface area contributed by atoms with E-state index in [1.165, 1.54) is 14.7 Å². The molecule has 4 fully saturated rings. The third-order valence-corrected chi connectivity index (χ3v) is 9.67. The molecular formula is C19H21FN4O7S2. The lowest BCUT2D eigenvalue weighted by Crippen LogP contribution is -2.48. The van der Waals surface area contributed by atoms with Crippen molar-refractivity contribution in [2.75, 3.05) is 50.2 Å². The van der Waals surface area contributed by atoms with Crippen molar-refractivity contribution in [3.63, 3.8) is 0 Å². The maximum absolute atomic E-state index is 15.0. The topological polar surface area (TPSA) is 137 Å². The Labute approximate surface area is 190 Å². The number of carbonyl (C=O) groups is 1. The van der Waals surface area contributed by atoms with Gasteiger partial charge in [0.1, 0.15) is 18.0 Å². The van der Waals surface area contributed by atoms with Gasteiger partial charge in [-0.25, -0.2) is 13.4 Å². The van der Waals surface area contributed by atoms with E-state index in [-0.39, 0.29) is 23.3 Å². The van der Waals surface area contributed by atoms with Gasteiger partial charge in [-0.05, 0) is 24.0 Å². The van der Waals surface area contributed by atoms with E-state index in [9.17, 15) is 26.7 Å². The van der Waals surface area contributed by atoms with Crippen molar-refractivity contribution in [2.45, 2.75) is 0 Å². The molecule has 33 heavy (non-hydrogen) atoms. The van der Waals surface area contributed by atoms with E-state index in [1.807, 2.05) is 0 Å². The normalized spacial score (nSPS) is 29.3. The fraction of sp³-hybridized carbons (Fsp3) is 0.526. The molecule has 1 aliphatic carbocycles. The molecule has 0 radical (unpaired) electrons. The molecule has 3 aliphatic heterocycles. The van der Waals surface area contributed by atoms with E-state index in [2.05, 4.69) is 11.8 Å². The Morgan fingerprint density at radius 3 is 2.42 bits per heavy atom. The first-order chi connectivity index (χ1) is 15.6. The van der Waals surface area contributed by atoms with Gasteiger partial charge < -0.3 is 9.84 Å². The fourth-order valence-corrected chi connectivity index (χ4v) is 7.35. The summed E-state index contributed by atoms with van der Waals surface area (Å²) >= 11 is 0. The number of phenolic OH excluding ortho intramolecular Hbond substituents is 1. The maximum Gasteiger partial charge on any atom is 0.326 e. The predicted molar refractivity (Wildman–Crippen MR) is 113 cm³/mol. The van der Waals surface area contributed by atoms with E-state index < -0.39 is 50.1 Å². The molecule has 0 spiro atoms. The van der Waals surface area contributed by atoms with Crippen LogP contribution in [0.3, 0.4) is 0 Å². The molecular weight excluding hydrogens is 479 g/mol. The van der Waals surface area contributed by atoms with Gasteiger partial charge in [0.05, 0.1) is 18.8 Å². The van der Waals surface area contributed by atoms with Crippen molar-refractivity contribution in [3.8, 4) is 17.6 Å². The van der Waals surface area contributed by atoms with E-state index in [0.717, 1.165) is 6.07 Å². The van der Waals surface area contributed by atoms with Gasteiger partial charge in [0.25, 0.3) is 16.1 Å². The molecule has 14 heteroatoms. The minimum absolute atomic E-state index is 0.0498. The van der Waals surface area contributed by atoms with Gasteiger partial charge in [-0.1, -0.05) is 11.8 Å². The zero-order valence-electron chi connectivity index (χ0n) is 17.3. The molecule has 5 rings (SSSR count). The van der Waals surface area contributed by atoms with Crippen LogP contribution in [0.1, 0.15) is 5.56 Å². The van der Waals surface area contributed by atoms with Crippen LogP contribution in [-0.4, -0.2) is 82.4 Å². The minimum Gasteiger partial charge on any atom is -0.506 e. The van der Waals surface area contributed by atoms with Crippen LogP contribution in [0.25, 0.3) is 0 Å². The van der Waals surface area contributed by atoms with Crippen LogP contribution in [0.15, 0.2) is 12.1 Å². The number of ether oxygens (including phenoxy) is 1. The molecule has 1 aromatic rings. The average Bonchev–Trinajstić information content (AvgIpc) is 3.07. The largest absolute Gasteiger partial charge is 0.506 e. The number of nitrogens with zero attached hydrogens (tertiary/aromatic N) is 3. The number of hydrogen-bond acceptors (Lipinski definition) is 7. The van der Waals surface area contributed by atoms with Gasteiger partial charge in [-0.3, -0.25) is 4.79 Å². The number of benzene rings is 1. The van der Waals surface area contributed by atoms with Gasteiger partial charge in [0.2, 0.25) is 0 Å². The Kier molecular flexibility index (Phi) is 5.29. The van der Waals surface area contributed by atoms with Crippen molar-refractivity contribution in [2.24, 2.45) is 17.8 Å². The van der Waals surface area contributed by atoms with Gasteiger partial charge in [0, 0.05) is 32.1 Å². The van der Waals surface area contributed by atoms with E-state index in [1.54, 1.807) is 4.72 Å². The third kappa shape index (κ3) is 3.83. The first-order valence-corrected chi connectivity index (χ1v) is 13.1. The standard InChI is InChI=1S/C19H21FN4O7S2/c20-18-12(2-4-16(25)19(18)24-11-17(26)21-32(24,27)28)1-3-13-14-9-23(10-15(13)14)33(29,30)22-5-7-31-8-6-22/h2,4,13-15,25H,5-11H2,(H,21,26)/t13?,14-,15+. The molecule has 2 N–H and O–H groups in total. The Hall–Kier alpha value is -2.44. The quantitative estimate of drug-likeness (QED) is 0.499. The average molecular weight is 501 g/mol. The lowest BCUT2D eigenvalue weighted by Gasteiger charge is -2.30. The summed E-state index contributed by atoms with van der Waals surface area (Å²) in [4.78, 5) is 11.5. The van der Waals surface area contributed by atoms with E-state index >= 15 is 4.39 Å². The molecule has 4 aliphatic rings. The van der Waals surface area contributed by atoms with E-state index in [4.69, 9.17) is 4.74 Å². The Bertz CT molecular complexity index is 1270. The Morgan fingerprint density at radius 1 is 1.15 bits per heavy atom. The number of aromatic hydroxyl groups is 1. The van der Waals surface area contributed by atoms with Crippen molar-refractivity contribution in [1.82, 2.24) is 13.3 Å². The minimum atomic E-state index is -4.30. The number of anilines is 1. The highest BCUT2D eigenvalue weighted by molar-refractivity contribution is 7.92. The number of phenols is 1. The van der Waals surface area contributed by atoms with Crippen LogP contribution in [0.5, 0.6) is 5.75 Å². The molecule has 0 aromatic heterocycles.